The molecule has 1 amide bonds. The Morgan fingerprint density at radius 2 is 2.06 bits per heavy atom. The van der Waals surface area contributed by atoms with Crippen LogP contribution in [0.1, 0.15) is 23.7 Å². The van der Waals surface area contributed by atoms with Gasteiger partial charge in [-0.15, -0.1) is 11.6 Å². The van der Waals surface area contributed by atoms with Crippen molar-refractivity contribution in [2.45, 2.75) is 19.4 Å². The summed E-state index contributed by atoms with van der Waals surface area (Å²) in [6.07, 6.45) is 0.886. The van der Waals surface area contributed by atoms with Crippen molar-refractivity contribution >= 4 is 17.5 Å². The molecule has 18 heavy (non-hydrogen) atoms. The number of hydrogen-bond acceptors (Lipinski definition) is 3. The van der Waals surface area contributed by atoms with Crippen molar-refractivity contribution in [2.24, 2.45) is 5.92 Å². The number of halogens is 1. The first-order valence-electron chi connectivity index (χ1n) is 5.94. The predicted molar refractivity (Wildman–Crippen MR) is 69.1 cm³/mol. The first kappa shape index (κ1) is 13.0. The zero-order chi connectivity index (χ0) is 13.3. The highest BCUT2D eigenvalue weighted by atomic mass is 35.5. The Bertz CT molecular complexity index is 443. The number of hydrogen-bond donors (Lipinski definition) is 2. The van der Waals surface area contributed by atoms with E-state index in [1.54, 1.807) is 4.90 Å². The summed E-state index contributed by atoms with van der Waals surface area (Å²) in [4.78, 5) is 14.0. The lowest BCUT2D eigenvalue weighted by Crippen LogP contribution is -2.38. The van der Waals surface area contributed by atoms with Gasteiger partial charge in [-0.3, -0.25) is 4.79 Å². The number of carbonyl (C=O) groups excluding carboxylic acids is 1. The number of rotatable bonds is 2. The molecule has 1 saturated heterocycles. The van der Waals surface area contributed by atoms with E-state index in [0.29, 0.717) is 18.3 Å². The number of phenols is 2. The van der Waals surface area contributed by atoms with Gasteiger partial charge in [0, 0.05) is 18.5 Å². The fourth-order valence-electron chi connectivity index (χ4n) is 2.39. The molecule has 2 N–H and O–H groups in total. The van der Waals surface area contributed by atoms with E-state index in [0.717, 1.165) is 6.42 Å². The number of alkyl halides is 1. The lowest BCUT2D eigenvalue weighted by molar-refractivity contribution is 0.0731. The predicted octanol–water partition coefficient (Wildman–Crippen LogP) is 2.19. The van der Waals surface area contributed by atoms with Gasteiger partial charge >= 0.3 is 0 Å². The summed E-state index contributed by atoms with van der Waals surface area (Å²) in [5.41, 5.74) is -0.0401. The van der Waals surface area contributed by atoms with Gasteiger partial charge in [-0.25, -0.2) is 0 Å². The van der Waals surface area contributed by atoms with E-state index in [1.165, 1.54) is 18.2 Å². The second-order valence-corrected chi connectivity index (χ2v) is 4.97. The molecule has 0 saturated carbocycles. The minimum atomic E-state index is -0.361. The summed E-state index contributed by atoms with van der Waals surface area (Å²) in [7, 11) is 0. The second-order valence-electron chi connectivity index (χ2n) is 4.66. The number of likely N-dealkylation sites (tertiary alicyclic amines) is 1. The smallest absolute Gasteiger partial charge is 0.261 e. The molecule has 2 atom stereocenters. The Hall–Kier alpha value is -1.42. The zero-order valence-corrected chi connectivity index (χ0v) is 10.9. The third-order valence-electron chi connectivity index (χ3n) is 3.54. The van der Waals surface area contributed by atoms with E-state index in [-0.39, 0.29) is 29.0 Å². The molecule has 1 aromatic rings. The largest absolute Gasteiger partial charge is 0.507 e. The monoisotopic (exact) mass is 269 g/mol. The average Bonchev–Trinajstić information content (AvgIpc) is 2.69. The van der Waals surface area contributed by atoms with Crippen LogP contribution in [0.4, 0.5) is 0 Å². The highest BCUT2D eigenvalue weighted by molar-refractivity contribution is 6.18. The van der Waals surface area contributed by atoms with Crippen LogP contribution >= 0.6 is 11.6 Å². The van der Waals surface area contributed by atoms with Gasteiger partial charge in [-0.1, -0.05) is 13.0 Å². The summed E-state index contributed by atoms with van der Waals surface area (Å²) in [5.74, 6) is -0.0675. The molecule has 1 aromatic carbocycles. The van der Waals surface area contributed by atoms with Gasteiger partial charge < -0.3 is 15.1 Å². The first-order valence-corrected chi connectivity index (χ1v) is 6.47. The van der Waals surface area contributed by atoms with Crippen molar-refractivity contribution in [3.63, 3.8) is 0 Å². The molecule has 1 aliphatic rings. The van der Waals surface area contributed by atoms with Gasteiger partial charge in [0.25, 0.3) is 5.91 Å². The van der Waals surface area contributed by atoms with Gasteiger partial charge in [0.15, 0.2) is 0 Å². The van der Waals surface area contributed by atoms with E-state index in [1.807, 2.05) is 6.92 Å². The molecule has 0 radical (unpaired) electrons. The van der Waals surface area contributed by atoms with Crippen LogP contribution in [0.5, 0.6) is 11.5 Å². The number of aromatic hydroxyl groups is 2. The van der Waals surface area contributed by atoms with Crippen molar-refractivity contribution < 1.29 is 15.0 Å². The Kier molecular flexibility index (Phi) is 3.66. The van der Waals surface area contributed by atoms with Crippen molar-refractivity contribution in [1.82, 2.24) is 4.90 Å². The molecule has 1 fully saturated rings. The minimum absolute atomic E-state index is 0.0401. The maximum atomic E-state index is 12.4. The van der Waals surface area contributed by atoms with Crippen LogP contribution in [0.25, 0.3) is 0 Å². The summed E-state index contributed by atoms with van der Waals surface area (Å²) in [5, 5.41) is 19.4. The lowest BCUT2D eigenvalue weighted by Gasteiger charge is -2.25. The fourth-order valence-corrected chi connectivity index (χ4v) is 2.86. The van der Waals surface area contributed by atoms with E-state index in [9.17, 15) is 15.0 Å². The number of carbonyl (C=O) groups is 1. The highest BCUT2D eigenvalue weighted by Crippen LogP contribution is 2.32. The van der Waals surface area contributed by atoms with E-state index in [2.05, 4.69) is 0 Å². The Morgan fingerprint density at radius 3 is 2.61 bits per heavy atom. The third-order valence-corrected chi connectivity index (χ3v) is 3.85. The fraction of sp³-hybridized carbons (Fsp3) is 0.462. The quantitative estimate of drug-likeness (QED) is 0.809. The second kappa shape index (κ2) is 5.06. The summed E-state index contributed by atoms with van der Waals surface area (Å²) < 4.78 is 0. The van der Waals surface area contributed by atoms with Crippen LogP contribution in [0.2, 0.25) is 0 Å². The van der Waals surface area contributed by atoms with Crippen molar-refractivity contribution in [1.29, 1.82) is 0 Å². The molecule has 0 bridgehead atoms. The third kappa shape index (κ3) is 2.12. The molecule has 2 rings (SSSR count). The molecule has 2 unspecified atom stereocenters. The van der Waals surface area contributed by atoms with Crippen molar-refractivity contribution in [3.8, 4) is 11.5 Å². The van der Waals surface area contributed by atoms with E-state index < -0.39 is 0 Å². The SMILES string of the molecule is CC1CCN(C(=O)c2c(O)cccc2O)C1CCl. The van der Waals surface area contributed by atoms with Crippen LogP contribution in [-0.2, 0) is 0 Å². The zero-order valence-electron chi connectivity index (χ0n) is 10.1. The van der Waals surface area contributed by atoms with Crippen LogP contribution in [0, 0.1) is 5.92 Å². The van der Waals surface area contributed by atoms with E-state index >= 15 is 0 Å². The summed E-state index contributed by atoms with van der Waals surface area (Å²) in [6.45, 7) is 2.65. The Balaban J connectivity index is 2.32. The molecular weight excluding hydrogens is 254 g/mol. The molecule has 0 aliphatic carbocycles. The molecule has 1 heterocycles. The number of amides is 1. The molecule has 98 valence electrons. The number of benzene rings is 1. The summed E-state index contributed by atoms with van der Waals surface area (Å²) in [6, 6.07) is 4.23. The number of nitrogens with zero attached hydrogens (tertiary/aromatic N) is 1. The number of phenolic OH excluding ortho intramolecular Hbond substituents is 2. The average molecular weight is 270 g/mol. The molecule has 5 heteroatoms. The van der Waals surface area contributed by atoms with Crippen molar-refractivity contribution in [2.75, 3.05) is 12.4 Å². The lowest BCUT2D eigenvalue weighted by atomic mass is 10.0. The topological polar surface area (TPSA) is 60.8 Å². The molecule has 0 spiro atoms. The Labute approximate surface area is 111 Å². The molecule has 1 aliphatic heterocycles. The van der Waals surface area contributed by atoms with E-state index in [4.69, 9.17) is 11.6 Å². The maximum Gasteiger partial charge on any atom is 0.261 e. The Morgan fingerprint density at radius 1 is 1.44 bits per heavy atom. The highest BCUT2D eigenvalue weighted by Gasteiger charge is 2.35. The van der Waals surface area contributed by atoms with Crippen LogP contribution in [0.15, 0.2) is 18.2 Å². The van der Waals surface area contributed by atoms with Gasteiger partial charge in [-0.2, -0.15) is 0 Å². The van der Waals surface area contributed by atoms with Crippen molar-refractivity contribution in [3.05, 3.63) is 23.8 Å². The molecular formula is C13H16ClNO3. The van der Waals surface area contributed by atoms with Gasteiger partial charge in [0.1, 0.15) is 17.1 Å². The van der Waals surface area contributed by atoms with Crippen LogP contribution in [-0.4, -0.2) is 39.5 Å². The van der Waals surface area contributed by atoms with Crippen LogP contribution in [0.3, 0.4) is 0 Å². The van der Waals surface area contributed by atoms with Gasteiger partial charge in [-0.05, 0) is 24.5 Å². The molecule has 4 nitrogen and oxygen atoms in total. The maximum absolute atomic E-state index is 12.4. The normalized spacial score (nSPS) is 23.3. The summed E-state index contributed by atoms with van der Waals surface area (Å²) >= 11 is 5.89. The molecule has 0 aromatic heterocycles. The minimum Gasteiger partial charge on any atom is -0.507 e. The first-order chi connectivity index (χ1) is 8.56. The van der Waals surface area contributed by atoms with Crippen LogP contribution < -0.4 is 0 Å². The van der Waals surface area contributed by atoms with Gasteiger partial charge in [0.05, 0.1) is 0 Å². The standard InChI is InChI=1S/C13H16ClNO3/c1-8-5-6-15(9(8)7-14)13(18)12-10(16)3-2-4-11(12)17/h2-4,8-9,16-17H,5-7H2,1H3. The van der Waals surface area contributed by atoms with Gasteiger partial charge in [0.2, 0.25) is 0 Å².